The first-order valence-electron chi connectivity index (χ1n) is 9.96. The number of nitrogens with zero attached hydrogens (tertiary/aromatic N) is 1. The summed E-state index contributed by atoms with van der Waals surface area (Å²) in [5, 5.41) is 4.48. The highest BCUT2D eigenvalue weighted by atomic mass is 16.6. The highest BCUT2D eigenvalue weighted by Crippen LogP contribution is 2.36. The number of furan rings is 1. The van der Waals surface area contributed by atoms with Crippen LogP contribution in [0.4, 0.5) is 10.5 Å². The monoisotopic (exact) mass is 443 g/mol. The van der Waals surface area contributed by atoms with Crippen LogP contribution >= 0.6 is 0 Å². The molecule has 4 rings (SSSR count). The molecule has 1 aromatic heterocycles. The summed E-state index contributed by atoms with van der Waals surface area (Å²) in [4.78, 5) is 49.8. The summed E-state index contributed by atoms with van der Waals surface area (Å²) in [7, 11) is 0. The number of anilines is 1. The van der Waals surface area contributed by atoms with E-state index in [4.69, 9.17) is 18.6 Å². The van der Waals surface area contributed by atoms with E-state index < -0.39 is 30.4 Å². The average molecular weight is 443 g/mol. The Balaban J connectivity index is 1.24. The normalized spacial score (nSPS) is 17.1. The molecule has 0 bridgehead atoms. The molecule has 4 amide bonds. The van der Waals surface area contributed by atoms with Gasteiger partial charge in [-0.15, -0.1) is 0 Å². The van der Waals surface area contributed by atoms with Crippen molar-refractivity contribution in [3.05, 3.63) is 42.4 Å². The van der Waals surface area contributed by atoms with E-state index >= 15 is 0 Å². The molecule has 0 unspecified atom stereocenters. The molecule has 0 spiro atoms. The number of fused-ring (bicyclic) bond motifs is 1. The van der Waals surface area contributed by atoms with Crippen molar-refractivity contribution in [1.82, 2.24) is 10.6 Å². The smallest absolute Gasteiger partial charge is 0.321 e. The number of carbonyl (C=O) groups excluding carboxylic acids is 4. The second kappa shape index (κ2) is 9.41. The van der Waals surface area contributed by atoms with E-state index in [1.807, 2.05) is 5.32 Å². The number of rotatable bonds is 6. The summed E-state index contributed by atoms with van der Waals surface area (Å²) >= 11 is 0. The number of benzene rings is 1. The minimum atomic E-state index is -0.789. The summed E-state index contributed by atoms with van der Waals surface area (Å²) in [6.45, 7) is 0.459. The van der Waals surface area contributed by atoms with Gasteiger partial charge in [0.25, 0.3) is 5.91 Å². The molecule has 2 aliphatic heterocycles. The second-order valence-electron chi connectivity index (χ2n) is 7.15. The molecule has 2 N–H and O–H groups in total. The summed E-state index contributed by atoms with van der Waals surface area (Å²) in [6, 6.07) is 7.71. The lowest BCUT2D eigenvalue weighted by atomic mass is 10.1. The minimum absolute atomic E-state index is 0.0431. The number of imide groups is 1. The van der Waals surface area contributed by atoms with Gasteiger partial charge in [-0.2, -0.15) is 0 Å². The van der Waals surface area contributed by atoms with Crippen LogP contribution in [0.1, 0.15) is 12.2 Å². The zero-order valence-electron chi connectivity index (χ0n) is 17.0. The first-order chi connectivity index (χ1) is 15.5. The summed E-state index contributed by atoms with van der Waals surface area (Å²) in [6.07, 6.45) is 1.42. The molecule has 32 heavy (non-hydrogen) atoms. The number of amides is 4. The maximum Gasteiger partial charge on any atom is 0.321 e. The highest BCUT2D eigenvalue weighted by molar-refractivity contribution is 6.00. The molecule has 1 saturated heterocycles. The Morgan fingerprint density at radius 2 is 1.94 bits per heavy atom. The molecular weight excluding hydrogens is 422 g/mol. The van der Waals surface area contributed by atoms with E-state index in [0.29, 0.717) is 36.2 Å². The molecule has 2 aliphatic rings. The van der Waals surface area contributed by atoms with E-state index in [0.717, 1.165) is 0 Å². The molecule has 1 aromatic carbocycles. The molecule has 1 fully saturated rings. The van der Waals surface area contributed by atoms with Crippen molar-refractivity contribution in [1.29, 1.82) is 0 Å². The van der Waals surface area contributed by atoms with Crippen LogP contribution in [-0.2, 0) is 25.7 Å². The second-order valence-corrected chi connectivity index (χ2v) is 7.15. The Morgan fingerprint density at radius 1 is 1.12 bits per heavy atom. The molecular formula is C21H21N3O8. The average Bonchev–Trinajstić information content (AvgIpc) is 3.45. The maximum absolute atomic E-state index is 12.4. The van der Waals surface area contributed by atoms with E-state index in [1.165, 1.54) is 11.2 Å². The predicted octanol–water partition coefficient (Wildman–Crippen LogP) is 0.973. The fourth-order valence-corrected chi connectivity index (χ4v) is 3.36. The molecule has 2 aromatic rings. The van der Waals surface area contributed by atoms with Crippen LogP contribution in [0.5, 0.6) is 11.5 Å². The van der Waals surface area contributed by atoms with Gasteiger partial charge in [0.2, 0.25) is 5.91 Å². The first kappa shape index (κ1) is 21.2. The summed E-state index contributed by atoms with van der Waals surface area (Å²) < 4.78 is 21.0. The lowest BCUT2D eigenvalue weighted by Crippen LogP contribution is -2.41. The molecule has 3 heterocycles. The number of hydrogen-bond acceptors (Lipinski definition) is 8. The van der Waals surface area contributed by atoms with Crippen LogP contribution in [0.15, 0.2) is 41.0 Å². The molecule has 0 aliphatic carbocycles. The highest BCUT2D eigenvalue weighted by Gasteiger charge is 2.37. The fraction of sp³-hybridized carbons (Fsp3) is 0.333. The zero-order valence-corrected chi connectivity index (χ0v) is 17.0. The molecule has 11 nitrogen and oxygen atoms in total. The van der Waals surface area contributed by atoms with E-state index in [2.05, 4.69) is 5.32 Å². The predicted molar refractivity (Wildman–Crippen MR) is 108 cm³/mol. The SMILES string of the molecule is O=C(COC(=O)[C@H]1CC(=O)N(c2ccc3c(c2)OCCO3)C1)NC(=O)NCc1ccco1. The van der Waals surface area contributed by atoms with Gasteiger partial charge >= 0.3 is 12.0 Å². The molecule has 0 radical (unpaired) electrons. The van der Waals surface area contributed by atoms with Gasteiger partial charge in [0.15, 0.2) is 18.1 Å². The number of nitrogens with one attached hydrogen (secondary N) is 2. The number of esters is 1. The van der Waals surface area contributed by atoms with Gasteiger partial charge in [-0.3, -0.25) is 19.7 Å². The zero-order chi connectivity index (χ0) is 22.5. The number of ether oxygens (including phenoxy) is 3. The van der Waals surface area contributed by atoms with Crippen LogP contribution in [0.2, 0.25) is 0 Å². The van der Waals surface area contributed by atoms with Crippen molar-refractivity contribution in [3.8, 4) is 11.5 Å². The van der Waals surface area contributed by atoms with Gasteiger partial charge in [-0.1, -0.05) is 0 Å². The lowest BCUT2D eigenvalue weighted by molar-refractivity contribution is -0.152. The van der Waals surface area contributed by atoms with Crippen LogP contribution in [-0.4, -0.2) is 50.2 Å². The third kappa shape index (κ3) is 4.99. The first-order valence-corrected chi connectivity index (χ1v) is 9.96. The standard InChI is InChI=1S/C21H21N3O8/c25-18(23-21(28)22-10-15-2-1-5-29-15)12-32-20(27)13-8-19(26)24(11-13)14-3-4-16-17(9-14)31-7-6-30-16/h1-5,9,13H,6-8,10-12H2,(H2,22,23,25,28)/t13-/m0/s1. The molecule has 11 heteroatoms. The van der Waals surface area contributed by atoms with Gasteiger partial charge in [-0.25, -0.2) is 4.79 Å². The van der Waals surface area contributed by atoms with Crippen molar-refractivity contribution in [2.24, 2.45) is 5.92 Å². The topological polar surface area (TPSA) is 136 Å². The number of carbonyl (C=O) groups is 4. The Hall–Kier alpha value is -4.02. The van der Waals surface area contributed by atoms with Crippen molar-refractivity contribution < 1.29 is 37.8 Å². The van der Waals surface area contributed by atoms with Crippen LogP contribution in [0.3, 0.4) is 0 Å². The number of urea groups is 1. The quantitative estimate of drug-likeness (QED) is 0.631. The Kier molecular flexibility index (Phi) is 6.24. The number of hydrogen-bond donors (Lipinski definition) is 2. The van der Waals surface area contributed by atoms with Gasteiger partial charge in [0, 0.05) is 24.7 Å². The molecule has 0 saturated carbocycles. The van der Waals surface area contributed by atoms with Gasteiger partial charge in [-0.05, 0) is 24.3 Å². The Morgan fingerprint density at radius 3 is 2.72 bits per heavy atom. The van der Waals surface area contributed by atoms with Crippen molar-refractivity contribution in [2.75, 3.05) is 31.3 Å². The van der Waals surface area contributed by atoms with Gasteiger partial charge in [0.1, 0.15) is 19.0 Å². The summed E-state index contributed by atoms with van der Waals surface area (Å²) in [5.74, 6) is -0.793. The van der Waals surface area contributed by atoms with E-state index in [-0.39, 0.29) is 25.4 Å². The van der Waals surface area contributed by atoms with Crippen molar-refractivity contribution >= 4 is 29.5 Å². The minimum Gasteiger partial charge on any atom is -0.486 e. The Bertz CT molecular complexity index is 1020. The summed E-state index contributed by atoms with van der Waals surface area (Å²) in [5.41, 5.74) is 0.584. The van der Waals surface area contributed by atoms with Gasteiger partial charge < -0.3 is 28.8 Å². The largest absolute Gasteiger partial charge is 0.486 e. The fourth-order valence-electron chi connectivity index (χ4n) is 3.36. The molecule has 168 valence electrons. The van der Waals surface area contributed by atoms with Crippen molar-refractivity contribution in [2.45, 2.75) is 13.0 Å². The van der Waals surface area contributed by atoms with E-state index in [9.17, 15) is 19.2 Å². The lowest BCUT2D eigenvalue weighted by Gasteiger charge is -2.22. The van der Waals surface area contributed by atoms with Crippen LogP contribution < -0.4 is 25.0 Å². The Labute approximate surface area is 182 Å². The van der Waals surface area contributed by atoms with Crippen LogP contribution in [0, 0.1) is 5.92 Å². The van der Waals surface area contributed by atoms with Crippen molar-refractivity contribution in [3.63, 3.8) is 0 Å². The van der Waals surface area contributed by atoms with E-state index in [1.54, 1.807) is 30.3 Å². The van der Waals surface area contributed by atoms with Crippen LogP contribution in [0.25, 0.3) is 0 Å². The third-order valence-electron chi connectivity index (χ3n) is 4.90. The molecule has 1 atom stereocenters. The van der Waals surface area contributed by atoms with Gasteiger partial charge in [0.05, 0.1) is 18.7 Å². The third-order valence-corrected chi connectivity index (χ3v) is 4.90. The maximum atomic E-state index is 12.4.